The Morgan fingerprint density at radius 1 is 1.08 bits per heavy atom. The number of fused-ring (bicyclic) bond motifs is 1. The van der Waals surface area contributed by atoms with Gasteiger partial charge in [-0.3, -0.25) is 19.7 Å². The summed E-state index contributed by atoms with van der Waals surface area (Å²) in [5.74, 6) is -0.0997. The summed E-state index contributed by atoms with van der Waals surface area (Å²) in [4.78, 5) is 35.6. The minimum Gasteiger partial charge on any atom is -0.340 e. The Kier molecular flexibility index (Phi) is 3.48. The zero-order chi connectivity index (χ0) is 16.7. The number of para-hydroxylation sites is 1. The summed E-state index contributed by atoms with van der Waals surface area (Å²) in [6, 6.07) is 4.77. The lowest BCUT2D eigenvalue weighted by Gasteiger charge is -2.22. The average Bonchev–Trinajstić information content (AvgIpc) is 2.91. The van der Waals surface area contributed by atoms with Crippen LogP contribution in [0.25, 0.3) is 0 Å². The van der Waals surface area contributed by atoms with Gasteiger partial charge in [0.25, 0.3) is 5.91 Å². The van der Waals surface area contributed by atoms with Crippen LogP contribution >= 0.6 is 0 Å². The fourth-order valence-electron chi connectivity index (χ4n) is 3.12. The van der Waals surface area contributed by atoms with Crippen molar-refractivity contribution in [2.75, 3.05) is 10.6 Å². The quantitative estimate of drug-likeness (QED) is 0.617. The smallest absolute Gasteiger partial charge is 0.254 e. The van der Waals surface area contributed by atoms with E-state index >= 15 is 0 Å². The van der Waals surface area contributed by atoms with Crippen molar-refractivity contribution in [2.24, 2.45) is 0 Å². The molecule has 2 heterocycles. The SMILES string of the molecule is O=C1CCC(NC(=O)c2cccc3c2NC(=C2CCC2)N3)C(=O)N1. The van der Waals surface area contributed by atoms with Crippen LogP contribution < -0.4 is 21.3 Å². The second kappa shape index (κ2) is 5.67. The molecule has 0 spiro atoms. The van der Waals surface area contributed by atoms with E-state index in [-0.39, 0.29) is 18.2 Å². The normalized spacial score (nSPS) is 22.1. The molecule has 0 bridgehead atoms. The van der Waals surface area contributed by atoms with Crippen LogP contribution in [0.3, 0.4) is 0 Å². The molecule has 1 aromatic rings. The molecule has 4 rings (SSSR count). The minimum absolute atomic E-state index is 0.236. The maximum absolute atomic E-state index is 12.6. The van der Waals surface area contributed by atoms with E-state index in [1.807, 2.05) is 6.07 Å². The average molecular weight is 326 g/mol. The monoisotopic (exact) mass is 326 g/mol. The highest BCUT2D eigenvalue weighted by atomic mass is 16.2. The predicted octanol–water partition coefficient (Wildman–Crippen LogP) is 1.45. The number of hydrogen-bond donors (Lipinski definition) is 4. The number of piperidine rings is 1. The van der Waals surface area contributed by atoms with Crippen LogP contribution in [0.2, 0.25) is 0 Å². The first kappa shape index (κ1) is 14.7. The van der Waals surface area contributed by atoms with Gasteiger partial charge in [-0.1, -0.05) is 6.07 Å². The first-order chi connectivity index (χ1) is 11.6. The number of allylic oxidation sites excluding steroid dienone is 1. The standard InChI is InChI=1S/C17H18N4O3/c22-13-8-7-12(17(24)20-13)19-16(23)10-5-2-6-11-14(10)21-15(18-11)9-3-1-4-9/h2,5-6,12,18,21H,1,3-4,7-8H2,(H,19,23)(H,20,22,24). The maximum Gasteiger partial charge on any atom is 0.254 e. The largest absolute Gasteiger partial charge is 0.340 e. The van der Waals surface area contributed by atoms with Gasteiger partial charge in [0, 0.05) is 6.42 Å². The van der Waals surface area contributed by atoms with Crippen molar-refractivity contribution in [3.8, 4) is 0 Å². The number of benzene rings is 1. The molecule has 1 aliphatic carbocycles. The number of hydrogen-bond acceptors (Lipinski definition) is 5. The number of nitrogens with one attached hydrogen (secondary N) is 4. The van der Waals surface area contributed by atoms with Gasteiger partial charge in [0.05, 0.1) is 16.9 Å². The molecule has 1 aromatic carbocycles. The van der Waals surface area contributed by atoms with E-state index in [4.69, 9.17) is 0 Å². The van der Waals surface area contributed by atoms with Gasteiger partial charge in [-0.25, -0.2) is 0 Å². The van der Waals surface area contributed by atoms with Crippen molar-refractivity contribution in [2.45, 2.75) is 38.1 Å². The lowest BCUT2D eigenvalue weighted by Crippen LogP contribution is -2.52. The van der Waals surface area contributed by atoms with Crippen molar-refractivity contribution < 1.29 is 14.4 Å². The van der Waals surface area contributed by atoms with Gasteiger partial charge in [0.15, 0.2) is 0 Å². The molecule has 2 fully saturated rings. The van der Waals surface area contributed by atoms with Gasteiger partial charge in [0.1, 0.15) is 11.9 Å². The predicted molar refractivity (Wildman–Crippen MR) is 88.2 cm³/mol. The van der Waals surface area contributed by atoms with Gasteiger partial charge >= 0.3 is 0 Å². The number of anilines is 2. The van der Waals surface area contributed by atoms with E-state index in [1.54, 1.807) is 12.1 Å². The number of carbonyl (C=O) groups is 3. The van der Waals surface area contributed by atoms with Gasteiger partial charge in [-0.15, -0.1) is 0 Å². The van der Waals surface area contributed by atoms with E-state index in [0.717, 1.165) is 30.0 Å². The number of rotatable bonds is 2. The highest BCUT2D eigenvalue weighted by molar-refractivity contribution is 6.07. The molecule has 0 aromatic heterocycles. The summed E-state index contributed by atoms with van der Waals surface area (Å²) in [5.41, 5.74) is 3.42. The summed E-state index contributed by atoms with van der Waals surface area (Å²) >= 11 is 0. The Morgan fingerprint density at radius 3 is 2.62 bits per heavy atom. The summed E-state index contributed by atoms with van der Waals surface area (Å²) in [6.45, 7) is 0. The van der Waals surface area contributed by atoms with Crippen LogP contribution in [0.5, 0.6) is 0 Å². The highest BCUT2D eigenvalue weighted by Gasteiger charge is 2.30. The summed E-state index contributed by atoms with van der Waals surface area (Å²) in [5, 5.41) is 11.6. The third kappa shape index (κ3) is 2.51. The Bertz CT molecular complexity index is 778. The van der Waals surface area contributed by atoms with Crippen LogP contribution in [-0.2, 0) is 9.59 Å². The summed E-state index contributed by atoms with van der Waals surface area (Å²) < 4.78 is 0. The van der Waals surface area contributed by atoms with Gasteiger partial charge in [-0.2, -0.15) is 0 Å². The number of carbonyl (C=O) groups excluding carboxylic acids is 3. The lowest BCUT2D eigenvalue weighted by molar-refractivity contribution is -0.134. The zero-order valence-corrected chi connectivity index (χ0v) is 13.1. The molecule has 1 atom stereocenters. The summed E-state index contributed by atoms with van der Waals surface area (Å²) in [7, 11) is 0. The zero-order valence-electron chi connectivity index (χ0n) is 13.1. The van der Waals surface area contributed by atoms with E-state index in [2.05, 4.69) is 21.3 Å². The minimum atomic E-state index is -0.676. The molecule has 124 valence electrons. The first-order valence-electron chi connectivity index (χ1n) is 8.15. The van der Waals surface area contributed by atoms with Crippen LogP contribution in [-0.4, -0.2) is 23.8 Å². The second-order valence-corrected chi connectivity index (χ2v) is 6.29. The van der Waals surface area contributed by atoms with Gasteiger partial charge in [-0.05, 0) is 43.4 Å². The third-order valence-corrected chi connectivity index (χ3v) is 4.67. The Hall–Kier alpha value is -2.83. The van der Waals surface area contributed by atoms with Crippen molar-refractivity contribution in [1.29, 1.82) is 0 Å². The molecule has 3 amide bonds. The topological polar surface area (TPSA) is 99.3 Å². The molecular weight excluding hydrogens is 308 g/mol. The van der Waals surface area contributed by atoms with Crippen molar-refractivity contribution in [1.82, 2.24) is 10.6 Å². The molecule has 7 heteroatoms. The van der Waals surface area contributed by atoms with Crippen molar-refractivity contribution in [3.63, 3.8) is 0 Å². The van der Waals surface area contributed by atoms with Crippen LogP contribution in [0.1, 0.15) is 42.5 Å². The number of amides is 3. The molecule has 3 aliphatic rings. The van der Waals surface area contributed by atoms with Crippen LogP contribution in [0.15, 0.2) is 29.6 Å². The molecule has 0 radical (unpaired) electrons. The molecule has 24 heavy (non-hydrogen) atoms. The summed E-state index contributed by atoms with van der Waals surface area (Å²) in [6.07, 6.45) is 3.90. The fraction of sp³-hybridized carbons (Fsp3) is 0.353. The molecule has 1 unspecified atom stereocenters. The Morgan fingerprint density at radius 2 is 1.92 bits per heavy atom. The van der Waals surface area contributed by atoms with E-state index in [0.29, 0.717) is 12.0 Å². The highest BCUT2D eigenvalue weighted by Crippen LogP contribution is 2.38. The van der Waals surface area contributed by atoms with Gasteiger partial charge < -0.3 is 16.0 Å². The van der Waals surface area contributed by atoms with Crippen LogP contribution in [0.4, 0.5) is 11.4 Å². The Balaban J connectivity index is 1.53. The van der Waals surface area contributed by atoms with E-state index in [9.17, 15) is 14.4 Å². The molecule has 1 saturated carbocycles. The fourth-order valence-corrected chi connectivity index (χ4v) is 3.12. The molecule has 4 N–H and O–H groups in total. The molecular formula is C17H18N4O3. The maximum atomic E-state index is 12.6. The second-order valence-electron chi connectivity index (χ2n) is 6.29. The van der Waals surface area contributed by atoms with Crippen molar-refractivity contribution >= 4 is 29.1 Å². The number of imide groups is 1. The lowest BCUT2D eigenvalue weighted by atomic mass is 9.92. The van der Waals surface area contributed by atoms with E-state index in [1.165, 1.54) is 12.0 Å². The van der Waals surface area contributed by atoms with E-state index < -0.39 is 11.9 Å². The molecule has 7 nitrogen and oxygen atoms in total. The Labute approximate surface area is 138 Å². The van der Waals surface area contributed by atoms with Crippen LogP contribution in [0, 0.1) is 0 Å². The van der Waals surface area contributed by atoms with Crippen molar-refractivity contribution in [3.05, 3.63) is 35.2 Å². The molecule has 1 saturated heterocycles. The molecule has 2 aliphatic heterocycles. The first-order valence-corrected chi connectivity index (χ1v) is 8.15. The third-order valence-electron chi connectivity index (χ3n) is 4.67. The van der Waals surface area contributed by atoms with Gasteiger partial charge in [0.2, 0.25) is 11.8 Å².